The van der Waals surface area contributed by atoms with Gasteiger partial charge in [-0.3, -0.25) is 9.88 Å². The summed E-state index contributed by atoms with van der Waals surface area (Å²) in [5.41, 5.74) is 4.36. The lowest BCUT2D eigenvalue weighted by Gasteiger charge is -2.32. The molecule has 0 radical (unpaired) electrons. The minimum Gasteiger partial charge on any atom is -0.366 e. The van der Waals surface area contributed by atoms with Gasteiger partial charge in [0.25, 0.3) is 0 Å². The van der Waals surface area contributed by atoms with E-state index in [1.165, 1.54) is 12.1 Å². The number of piperidine rings is 1. The molecule has 154 valence electrons. The third kappa shape index (κ3) is 4.11. The Morgan fingerprint density at radius 1 is 1.23 bits per heavy atom. The first-order chi connectivity index (χ1) is 14.8. The number of fused-ring (bicyclic) bond motifs is 1. The molecule has 5 heterocycles. The van der Waals surface area contributed by atoms with Gasteiger partial charge in [-0.2, -0.15) is 9.61 Å². The molecule has 0 saturated carbocycles. The number of pyridine rings is 1. The zero-order valence-corrected chi connectivity index (χ0v) is 18.2. The Labute approximate surface area is 183 Å². The van der Waals surface area contributed by atoms with Crippen LogP contribution in [0.15, 0.2) is 59.6 Å². The van der Waals surface area contributed by atoms with Crippen LogP contribution in [0, 0.1) is 0 Å². The summed E-state index contributed by atoms with van der Waals surface area (Å²) in [5, 5.41) is 8.02. The number of aromatic amines is 1. The zero-order valence-electron chi connectivity index (χ0n) is 16.6. The Hall–Kier alpha value is -2.71. The van der Waals surface area contributed by atoms with Gasteiger partial charge in [-0.1, -0.05) is 6.07 Å². The molecule has 0 aliphatic carbocycles. The number of aromatic nitrogens is 5. The van der Waals surface area contributed by atoms with Gasteiger partial charge >= 0.3 is 0 Å². The molecule has 0 spiro atoms. The summed E-state index contributed by atoms with van der Waals surface area (Å²) in [6, 6.07) is 10.4. The van der Waals surface area contributed by atoms with Gasteiger partial charge in [0, 0.05) is 55.9 Å². The van der Waals surface area contributed by atoms with Crippen LogP contribution >= 0.6 is 15.9 Å². The Morgan fingerprint density at radius 3 is 3.03 bits per heavy atom. The van der Waals surface area contributed by atoms with E-state index < -0.39 is 0 Å². The number of halogens is 1. The standard InChI is InChI=1S/C22H24BrN7/c23-19-13-27-30-21(26-12-16-4-1-7-24-11-16)10-20(28-22(19)30)17-5-3-9-29(14-17)15-18-6-2-8-25-18/h1-2,4,6-8,10-11,13,17,25-26H,3,5,9,12,14-15H2. The molecule has 8 heteroatoms. The fourth-order valence-corrected chi connectivity index (χ4v) is 4.48. The molecule has 30 heavy (non-hydrogen) atoms. The first-order valence-corrected chi connectivity index (χ1v) is 11.1. The highest BCUT2D eigenvalue weighted by Gasteiger charge is 2.24. The molecule has 1 aliphatic rings. The second-order valence-corrected chi connectivity index (χ2v) is 8.63. The Bertz CT molecular complexity index is 1110. The maximum absolute atomic E-state index is 4.97. The van der Waals surface area contributed by atoms with Crippen molar-refractivity contribution in [1.29, 1.82) is 0 Å². The van der Waals surface area contributed by atoms with Crippen molar-refractivity contribution in [3.05, 3.63) is 76.5 Å². The summed E-state index contributed by atoms with van der Waals surface area (Å²) in [6.07, 6.45) is 9.79. The van der Waals surface area contributed by atoms with Gasteiger partial charge in [-0.05, 0) is 59.1 Å². The van der Waals surface area contributed by atoms with E-state index in [1.807, 2.05) is 23.0 Å². The highest BCUT2D eigenvalue weighted by Crippen LogP contribution is 2.30. The highest BCUT2D eigenvalue weighted by atomic mass is 79.9. The third-order valence-corrected chi connectivity index (χ3v) is 6.18. The Kier molecular flexibility index (Phi) is 5.50. The van der Waals surface area contributed by atoms with Gasteiger partial charge in [0.15, 0.2) is 5.65 Å². The number of nitrogens with zero attached hydrogens (tertiary/aromatic N) is 5. The number of nitrogens with one attached hydrogen (secondary N) is 2. The average Bonchev–Trinajstić information content (AvgIpc) is 3.43. The fourth-order valence-electron chi connectivity index (χ4n) is 4.13. The topological polar surface area (TPSA) is 74.1 Å². The molecule has 0 bridgehead atoms. The first-order valence-electron chi connectivity index (χ1n) is 10.3. The second-order valence-electron chi connectivity index (χ2n) is 7.78. The molecule has 1 saturated heterocycles. The third-order valence-electron chi connectivity index (χ3n) is 5.63. The average molecular weight is 466 g/mol. The van der Waals surface area contributed by atoms with E-state index in [0.717, 1.165) is 53.3 Å². The van der Waals surface area contributed by atoms with Crippen molar-refractivity contribution < 1.29 is 0 Å². The largest absolute Gasteiger partial charge is 0.366 e. The monoisotopic (exact) mass is 465 g/mol. The van der Waals surface area contributed by atoms with E-state index in [0.29, 0.717) is 12.5 Å². The van der Waals surface area contributed by atoms with Gasteiger partial charge in [0.05, 0.1) is 16.4 Å². The lowest BCUT2D eigenvalue weighted by molar-refractivity contribution is 0.197. The van der Waals surface area contributed by atoms with Crippen molar-refractivity contribution in [2.24, 2.45) is 0 Å². The minimum atomic E-state index is 0.402. The van der Waals surface area contributed by atoms with E-state index in [2.05, 4.69) is 65.5 Å². The van der Waals surface area contributed by atoms with Crippen LogP contribution in [-0.4, -0.2) is 42.6 Å². The second kappa shape index (κ2) is 8.57. The number of anilines is 1. The van der Waals surface area contributed by atoms with Crippen molar-refractivity contribution in [2.45, 2.75) is 31.8 Å². The van der Waals surface area contributed by atoms with Crippen LogP contribution < -0.4 is 5.32 Å². The molecule has 1 aliphatic heterocycles. The lowest BCUT2D eigenvalue weighted by atomic mass is 9.94. The maximum atomic E-state index is 4.97. The highest BCUT2D eigenvalue weighted by molar-refractivity contribution is 9.10. The van der Waals surface area contributed by atoms with E-state index in [1.54, 1.807) is 12.4 Å². The summed E-state index contributed by atoms with van der Waals surface area (Å²) < 4.78 is 2.77. The van der Waals surface area contributed by atoms with Crippen molar-refractivity contribution in [2.75, 3.05) is 18.4 Å². The van der Waals surface area contributed by atoms with Gasteiger partial charge in [0.1, 0.15) is 5.82 Å². The van der Waals surface area contributed by atoms with Crippen LogP contribution in [0.5, 0.6) is 0 Å². The van der Waals surface area contributed by atoms with Crippen molar-refractivity contribution in [3.8, 4) is 0 Å². The predicted octanol–water partition coefficient (Wildman–Crippen LogP) is 4.21. The molecular formula is C22H24BrN7. The predicted molar refractivity (Wildman–Crippen MR) is 120 cm³/mol. The van der Waals surface area contributed by atoms with Crippen molar-refractivity contribution in [1.82, 2.24) is 29.5 Å². The van der Waals surface area contributed by atoms with Crippen molar-refractivity contribution >= 4 is 27.4 Å². The minimum absolute atomic E-state index is 0.402. The van der Waals surface area contributed by atoms with E-state index >= 15 is 0 Å². The number of likely N-dealkylation sites (tertiary alicyclic amines) is 1. The normalized spacial score (nSPS) is 17.4. The quantitative estimate of drug-likeness (QED) is 0.446. The fraction of sp³-hybridized carbons (Fsp3) is 0.318. The molecule has 5 rings (SSSR count). The summed E-state index contributed by atoms with van der Waals surface area (Å²) in [5.74, 6) is 1.35. The maximum Gasteiger partial charge on any atom is 0.171 e. The van der Waals surface area contributed by atoms with E-state index in [4.69, 9.17) is 4.98 Å². The number of rotatable bonds is 6. The SMILES string of the molecule is Brc1cnn2c(NCc3cccnc3)cc(C3CCCN(Cc4ccc[nH]4)C3)nc12. The number of hydrogen-bond acceptors (Lipinski definition) is 5. The molecule has 1 fully saturated rings. The molecular weight excluding hydrogens is 442 g/mol. The van der Waals surface area contributed by atoms with Crippen LogP contribution in [0.25, 0.3) is 5.65 Å². The smallest absolute Gasteiger partial charge is 0.171 e. The zero-order chi connectivity index (χ0) is 20.3. The van der Waals surface area contributed by atoms with Gasteiger partial charge in [-0.25, -0.2) is 4.98 Å². The summed E-state index contributed by atoms with van der Waals surface area (Å²) in [4.78, 5) is 15.0. The molecule has 4 aromatic rings. The lowest BCUT2D eigenvalue weighted by Crippen LogP contribution is -2.34. The van der Waals surface area contributed by atoms with Crippen LogP contribution in [0.4, 0.5) is 5.82 Å². The van der Waals surface area contributed by atoms with Gasteiger partial charge < -0.3 is 10.3 Å². The molecule has 1 atom stereocenters. The molecule has 0 aromatic carbocycles. The first kappa shape index (κ1) is 19.3. The number of hydrogen-bond donors (Lipinski definition) is 2. The number of H-pyrrole nitrogens is 1. The van der Waals surface area contributed by atoms with Crippen molar-refractivity contribution in [3.63, 3.8) is 0 Å². The van der Waals surface area contributed by atoms with Crippen LogP contribution in [0.1, 0.15) is 35.7 Å². The molecule has 7 nitrogen and oxygen atoms in total. The summed E-state index contributed by atoms with van der Waals surface area (Å²) in [7, 11) is 0. The molecule has 4 aromatic heterocycles. The van der Waals surface area contributed by atoms with Crippen LogP contribution in [0.3, 0.4) is 0 Å². The molecule has 2 N–H and O–H groups in total. The van der Waals surface area contributed by atoms with Gasteiger partial charge in [-0.15, -0.1) is 0 Å². The molecule has 0 amide bonds. The van der Waals surface area contributed by atoms with Crippen LogP contribution in [-0.2, 0) is 13.1 Å². The Morgan fingerprint density at radius 2 is 2.20 bits per heavy atom. The van der Waals surface area contributed by atoms with E-state index in [-0.39, 0.29) is 0 Å². The summed E-state index contributed by atoms with van der Waals surface area (Å²) in [6.45, 7) is 3.78. The Balaban J connectivity index is 1.40. The molecule has 1 unspecified atom stereocenters. The summed E-state index contributed by atoms with van der Waals surface area (Å²) >= 11 is 3.61. The van der Waals surface area contributed by atoms with Crippen LogP contribution in [0.2, 0.25) is 0 Å². The van der Waals surface area contributed by atoms with E-state index in [9.17, 15) is 0 Å². The van der Waals surface area contributed by atoms with Gasteiger partial charge in [0.2, 0.25) is 0 Å².